The smallest absolute Gasteiger partial charge is 0.0747 e. The lowest BCUT2D eigenvalue weighted by atomic mass is 10.1. The molecule has 0 aromatic heterocycles. The fourth-order valence-corrected chi connectivity index (χ4v) is 3.09. The Hall–Kier alpha value is -0.0800. The lowest BCUT2D eigenvalue weighted by Crippen LogP contribution is -2.42. The van der Waals surface area contributed by atoms with Crippen LogP contribution in [0.5, 0.6) is 0 Å². The summed E-state index contributed by atoms with van der Waals surface area (Å²) in [5, 5.41) is 0. The second-order valence-electron chi connectivity index (χ2n) is 5.02. The second kappa shape index (κ2) is 2.96. The summed E-state index contributed by atoms with van der Waals surface area (Å²) in [6.07, 6.45) is 6.24. The summed E-state index contributed by atoms with van der Waals surface area (Å²) < 4.78 is 5.63. The van der Waals surface area contributed by atoms with Gasteiger partial charge in [-0.3, -0.25) is 4.90 Å². The maximum Gasteiger partial charge on any atom is 0.0747 e. The largest absolute Gasteiger partial charge is 0.375 e. The molecule has 2 aliphatic carbocycles. The Balaban J connectivity index is 1.64. The zero-order valence-corrected chi connectivity index (χ0v) is 8.41. The van der Waals surface area contributed by atoms with E-state index in [9.17, 15) is 0 Å². The molecule has 3 fully saturated rings. The molecule has 1 heterocycles. The van der Waals surface area contributed by atoms with Crippen molar-refractivity contribution in [2.45, 2.75) is 50.8 Å². The van der Waals surface area contributed by atoms with Gasteiger partial charge < -0.3 is 4.74 Å². The van der Waals surface area contributed by atoms with Crippen LogP contribution in [0.15, 0.2) is 0 Å². The normalized spacial score (nSPS) is 50.5. The van der Waals surface area contributed by atoms with Crippen LogP contribution in [0.4, 0.5) is 0 Å². The molecule has 0 aromatic rings. The van der Waals surface area contributed by atoms with Gasteiger partial charge in [0.15, 0.2) is 0 Å². The molecule has 2 heteroatoms. The highest BCUT2D eigenvalue weighted by Gasteiger charge is 2.48. The van der Waals surface area contributed by atoms with E-state index in [4.69, 9.17) is 4.74 Å². The monoisotopic (exact) mass is 181 g/mol. The Morgan fingerprint density at radius 2 is 2.15 bits per heavy atom. The summed E-state index contributed by atoms with van der Waals surface area (Å²) in [6.45, 7) is 4.56. The van der Waals surface area contributed by atoms with Gasteiger partial charge >= 0.3 is 0 Å². The predicted molar refractivity (Wildman–Crippen MR) is 51.7 cm³/mol. The minimum Gasteiger partial charge on any atom is -0.375 e. The van der Waals surface area contributed by atoms with Gasteiger partial charge in [0.25, 0.3) is 0 Å². The van der Waals surface area contributed by atoms with Gasteiger partial charge in [-0.25, -0.2) is 0 Å². The Bertz CT molecular complexity index is 206. The van der Waals surface area contributed by atoms with Crippen LogP contribution in [0.3, 0.4) is 0 Å². The van der Waals surface area contributed by atoms with Crippen LogP contribution in [0, 0.1) is 5.92 Å². The molecule has 1 saturated heterocycles. The Kier molecular flexibility index (Phi) is 1.88. The molecule has 2 saturated carbocycles. The zero-order chi connectivity index (χ0) is 8.84. The van der Waals surface area contributed by atoms with Gasteiger partial charge in [-0.05, 0) is 31.6 Å². The quantitative estimate of drug-likeness (QED) is 0.610. The maximum atomic E-state index is 5.63. The Labute approximate surface area is 80.2 Å². The third-order valence-corrected chi connectivity index (χ3v) is 3.94. The summed E-state index contributed by atoms with van der Waals surface area (Å²) in [4.78, 5) is 2.73. The van der Waals surface area contributed by atoms with E-state index < -0.39 is 0 Å². The van der Waals surface area contributed by atoms with Crippen molar-refractivity contribution in [2.75, 3.05) is 13.2 Å². The van der Waals surface area contributed by atoms with Crippen LogP contribution in [0.1, 0.15) is 32.6 Å². The Morgan fingerprint density at radius 1 is 1.23 bits per heavy atom. The number of ether oxygens (including phenoxy) is 1. The molecule has 0 amide bonds. The first-order chi connectivity index (χ1) is 6.34. The van der Waals surface area contributed by atoms with Crippen molar-refractivity contribution in [3.63, 3.8) is 0 Å². The molecule has 2 nitrogen and oxygen atoms in total. The number of hydrogen-bond donors (Lipinski definition) is 0. The van der Waals surface area contributed by atoms with Crippen molar-refractivity contribution in [1.29, 1.82) is 0 Å². The number of morpholine rings is 1. The number of fused-ring (bicyclic) bond motifs is 1. The molecule has 74 valence electrons. The minimum absolute atomic E-state index is 0.615. The Morgan fingerprint density at radius 3 is 2.92 bits per heavy atom. The van der Waals surface area contributed by atoms with Crippen molar-refractivity contribution in [2.24, 2.45) is 5.92 Å². The van der Waals surface area contributed by atoms with Crippen molar-refractivity contribution >= 4 is 0 Å². The van der Waals surface area contributed by atoms with Crippen molar-refractivity contribution in [1.82, 2.24) is 4.90 Å². The van der Waals surface area contributed by atoms with E-state index in [2.05, 4.69) is 11.8 Å². The van der Waals surface area contributed by atoms with Crippen LogP contribution in [-0.4, -0.2) is 36.2 Å². The zero-order valence-electron chi connectivity index (χ0n) is 8.41. The third kappa shape index (κ3) is 1.40. The van der Waals surface area contributed by atoms with Crippen LogP contribution >= 0.6 is 0 Å². The molecule has 0 spiro atoms. The topological polar surface area (TPSA) is 12.5 Å². The van der Waals surface area contributed by atoms with Gasteiger partial charge in [-0.1, -0.05) is 6.92 Å². The fraction of sp³-hybridized carbons (Fsp3) is 1.00. The lowest BCUT2D eigenvalue weighted by Gasteiger charge is -2.32. The van der Waals surface area contributed by atoms with Crippen LogP contribution in [0.25, 0.3) is 0 Å². The SMILES string of the molecule is CC1CCC(N2CCOC3CC32)C1. The maximum absolute atomic E-state index is 5.63. The fourth-order valence-electron chi connectivity index (χ4n) is 3.09. The molecule has 4 unspecified atom stereocenters. The molecule has 3 aliphatic rings. The van der Waals surface area contributed by atoms with E-state index >= 15 is 0 Å². The molecular formula is C11H19NO. The molecule has 4 atom stereocenters. The summed E-state index contributed by atoms with van der Waals surface area (Å²) in [6, 6.07) is 1.71. The first-order valence-electron chi connectivity index (χ1n) is 5.72. The van der Waals surface area contributed by atoms with E-state index in [0.717, 1.165) is 24.6 Å². The highest BCUT2D eigenvalue weighted by Crippen LogP contribution is 2.40. The average molecular weight is 181 g/mol. The summed E-state index contributed by atoms with van der Waals surface area (Å²) in [7, 11) is 0. The summed E-state index contributed by atoms with van der Waals surface area (Å²) >= 11 is 0. The van der Waals surface area contributed by atoms with Crippen molar-refractivity contribution in [3.8, 4) is 0 Å². The average Bonchev–Trinajstić information content (AvgIpc) is 2.81. The molecule has 0 aromatic carbocycles. The molecule has 3 rings (SSSR count). The van der Waals surface area contributed by atoms with Gasteiger partial charge in [-0.15, -0.1) is 0 Å². The molecular weight excluding hydrogens is 162 g/mol. The van der Waals surface area contributed by atoms with Crippen LogP contribution in [-0.2, 0) is 4.74 Å². The lowest BCUT2D eigenvalue weighted by molar-refractivity contribution is 0.0122. The summed E-state index contributed by atoms with van der Waals surface area (Å²) in [5.74, 6) is 0.963. The molecule has 0 radical (unpaired) electrons. The van der Waals surface area contributed by atoms with Gasteiger partial charge in [0.2, 0.25) is 0 Å². The molecule has 13 heavy (non-hydrogen) atoms. The molecule has 0 bridgehead atoms. The number of nitrogens with zero attached hydrogens (tertiary/aromatic N) is 1. The molecule has 0 N–H and O–H groups in total. The van der Waals surface area contributed by atoms with Gasteiger partial charge in [0.05, 0.1) is 12.7 Å². The minimum atomic E-state index is 0.615. The third-order valence-electron chi connectivity index (χ3n) is 3.94. The second-order valence-corrected chi connectivity index (χ2v) is 5.02. The van der Waals surface area contributed by atoms with Crippen molar-refractivity contribution in [3.05, 3.63) is 0 Å². The van der Waals surface area contributed by atoms with Crippen molar-refractivity contribution < 1.29 is 4.74 Å². The van der Waals surface area contributed by atoms with E-state index in [1.165, 1.54) is 32.2 Å². The van der Waals surface area contributed by atoms with Gasteiger partial charge in [0.1, 0.15) is 0 Å². The van der Waals surface area contributed by atoms with E-state index in [0.29, 0.717) is 6.10 Å². The number of hydrogen-bond acceptors (Lipinski definition) is 2. The number of rotatable bonds is 1. The highest BCUT2D eigenvalue weighted by molar-refractivity contribution is 5.02. The van der Waals surface area contributed by atoms with Gasteiger partial charge in [-0.2, -0.15) is 0 Å². The summed E-state index contributed by atoms with van der Waals surface area (Å²) in [5.41, 5.74) is 0. The molecule has 1 aliphatic heterocycles. The first kappa shape index (κ1) is 8.25. The van der Waals surface area contributed by atoms with E-state index in [1.54, 1.807) is 0 Å². The first-order valence-corrected chi connectivity index (χ1v) is 5.72. The van der Waals surface area contributed by atoms with Crippen LogP contribution in [0.2, 0.25) is 0 Å². The van der Waals surface area contributed by atoms with E-state index in [-0.39, 0.29) is 0 Å². The van der Waals surface area contributed by atoms with E-state index in [1.807, 2.05) is 0 Å². The van der Waals surface area contributed by atoms with Gasteiger partial charge in [0, 0.05) is 18.6 Å². The highest BCUT2D eigenvalue weighted by atomic mass is 16.5. The van der Waals surface area contributed by atoms with Crippen LogP contribution < -0.4 is 0 Å². The standard InChI is InChI=1S/C11H19NO/c1-8-2-3-9(6-8)12-4-5-13-11-7-10(11)12/h8-11H,2-7H2,1H3. The predicted octanol–water partition coefficient (Wildman–Crippen LogP) is 1.65.